The molecule has 1 rings (SSSR count). The lowest BCUT2D eigenvalue weighted by molar-refractivity contribution is 0.141. The first kappa shape index (κ1) is 8.95. The van der Waals surface area contributed by atoms with Crippen molar-refractivity contribution >= 4 is 5.95 Å². The molecule has 0 unspecified atom stereocenters. The van der Waals surface area contributed by atoms with Crippen LogP contribution in [0.4, 0.5) is 5.95 Å². The Balaban J connectivity index is 2.77. The summed E-state index contributed by atoms with van der Waals surface area (Å²) in [5.41, 5.74) is 5.20. The van der Waals surface area contributed by atoms with Gasteiger partial charge in [-0.05, 0) is 5.16 Å². The minimum absolute atomic E-state index is 0.0784. The van der Waals surface area contributed by atoms with Crippen LogP contribution in [0, 0.1) is 0 Å². The Bertz CT molecular complexity index is 247. The van der Waals surface area contributed by atoms with Crippen molar-refractivity contribution in [1.29, 1.82) is 0 Å². The summed E-state index contributed by atoms with van der Waals surface area (Å²) in [7, 11) is 3.56. The minimum Gasteiger partial charge on any atom is -0.382 e. The molecular formula is C6H12N4O2. The highest BCUT2D eigenvalue weighted by molar-refractivity contribution is 5.23. The summed E-state index contributed by atoms with van der Waals surface area (Å²) in [4.78, 5) is 5.58. The van der Waals surface area contributed by atoms with Crippen molar-refractivity contribution in [3.63, 3.8) is 0 Å². The maximum Gasteiger partial charge on any atom is 0.265 e. The fourth-order valence-electron chi connectivity index (χ4n) is 0.645. The van der Waals surface area contributed by atoms with Crippen LogP contribution in [0.15, 0.2) is 4.52 Å². The van der Waals surface area contributed by atoms with Crippen molar-refractivity contribution in [3.05, 3.63) is 5.89 Å². The molecule has 0 amide bonds. The van der Waals surface area contributed by atoms with Crippen molar-refractivity contribution in [2.24, 2.45) is 5.73 Å². The summed E-state index contributed by atoms with van der Waals surface area (Å²) in [6, 6.07) is 0. The van der Waals surface area contributed by atoms with Gasteiger partial charge < -0.3 is 20.3 Å². The molecule has 12 heavy (non-hydrogen) atoms. The van der Waals surface area contributed by atoms with E-state index in [1.54, 1.807) is 19.0 Å². The highest BCUT2D eigenvalue weighted by Gasteiger charge is 2.14. The second-order valence-electron chi connectivity index (χ2n) is 2.58. The van der Waals surface area contributed by atoms with E-state index in [0.29, 0.717) is 5.95 Å². The highest BCUT2D eigenvalue weighted by Crippen LogP contribution is 2.11. The quantitative estimate of drug-likeness (QED) is 0.616. The van der Waals surface area contributed by atoms with Gasteiger partial charge in [0.1, 0.15) is 6.10 Å². The molecule has 0 aliphatic rings. The third kappa shape index (κ3) is 1.72. The van der Waals surface area contributed by atoms with Crippen molar-refractivity contribution in [2.45, 2.75) is 6.10 Å². The summed E-state index contributed by atoms with van der Waals surface area (Å²) in [5.74, 6) is 0.582. The molecule has 0 radical (unpaired) electrons. The predicted molar refractivity (Wildman–Crippen MR) is 42.6 cm³/mol. The molecule has 1 atom stereocenters. The van der Waals surface area contributed by atoms with Crippen molar-refractivity contribution in [2.75, 3.05) is 25.5 Å². The molecule has 3 N–H and O–H groups in total. The largest absolute Gasteiger partial charge is 0.382 e. The van der Waals surface area contributed by atoms with Gasteiger partial charge in [0.2, 0.25) is 0 Å². The third-order valence-electron chi connectivity index (χ3n) is 1.34. The van der Waals surface area contributed by atoms with Gasteiger partial charge in [-0.1, -0.05) is 0 Å². The maximum absolute atomic E-state index is 9.18. The number of nitrogens with zero attached hydrogens (tertiary/aromatic N) is 3. The normalized spacial score (nSPS) is 13.0. The Hall–Kier alpha value is -1.14. The van der Waals surface area contributed by atoms with E-state index in [4.69, 9.17) is 10.3 Å². The van der Waals surface area contributed by atoms with Gasteiger partial charge in [-0.3, -0.25) is 0 Å². The Kier molecular flexibility index (Phi) is 2.61. The van der Waals surface area contributed by atoms with Crippen LogP contribution in [0.3, 0.4) is 0 Å². The number of rotatable bonds is 3. The van der Waals surface area contributed by atoms with Crippen LogP contribution in [0.1, 0.15) is 12.0 Å². The van der Waals surface area contributed by atoms with Crippen LogP contribution in [0.5, 0.6) is 0 Å². The Morgan fingerprint density at radius 3 is 2.75 bits per heavy atom. The molecule has 1 aromatic rings. The van der Waals surface area contributed by atoms with Crippen LogP contribution in [0.25, 0.3) is 0 Å². The van der Waals surface area contributed by atoms with Crippen LogP contribution >= 0.6 is 0 Å². The number of hydrogen-bond donors (Lipinski definition) is 2. The molecule has 1 aromatic heterocycles. The molecule has 1 heterocycles. The lowest BCUT2D eigenvalue weighted by Crippen LogP contribution is -2.13. The van der Waals surface area contributed by atoms with E-state index in [0.717, 1.165) is 0 Å². The van der Waals surface area contributed by atoms with Gasteiger partial charge in [-0.2, -0.15) is 4.98 Å². The number of hydrogen-bond acceptors (Lipinski definition) is 6. The van der Waals surface area contributed by atoms with E-state index in [1.165, 1.54) is 0 Å². The van der Waals surface area contributed by atoms with Gasteiger partial charge in [0, 0.05) is 20.6 Å². The van der Waals surface area contributed by atoms with E-state index in [1.807, 2.05) is 0 Å². The molecule has 0 saturated carbocycles. The molecule has 68 valence electrons. The first-order valence-corrected chi connectivity index (χ1v) is 3.54. The Labute approximate surface area is 70.0 Å². The summed E-state index contributed by atoms with van der Waals surface area (Å²) in [6.07, 6.45) is -0.869. The lowest BCUT2D eigenvalue weighted by atomic mass is 10.4. The predicted octanol–water partition coefficient (Wildman–Crippen LogP) is -0.872. The molecule has 0 spiro atoms. The van der Waals surface area contributed by atoms with E-state index >= 15 is 0 Å². The zero-order valence-corrected chi connectivity index (χ0v) is 7.06. The number of aromatic nitrogens is 2. The van der Waals surface area contributed by atoms with Crippen LogP contribution in [0.2, 0.25) is 0 Å². The van der Waals surface area contributed by atoms with Crippen molar-refractivity contribution < 1.29 is 9.63 Å². The van der Waals surface area contributed by atoms with Gasteiger partial charge in [0.05, 0.1) is 0 Å². The minimum atomic E-state index is -0.869. The fraction of sp³-hybridized carbons (Fsp3) is 0.667. The molecule has 0 bridgehead atoms. The lowest BCUT2D eigenvalue weighted by Gasteiger charge is -2.03. The Morgan fingerprint density at radius 2 is 2.33 bits per heavy atom. The standard InChI is InChI=1S/C6H12N4O2/c1-10(2)6-8-5(12-9-6)4(11)3-7/h4,11H,3,7H2,1-2H3/t4-/m0/s1. The van der Waals surface area contributed by atoms with Gasteiger partial charge >= 0.3 is 0 Å². The Morgan fingerprint density at radius 1 is 1.67 bits per heavy atom. The van der Waals surface area contributed by atoms with Gasteiger partial charge in [-0.15, -0.1) is 0 Å². The summed E-state index contributed by atoms with van der Waals surface area (Å²) < 4.78 is 4.75. The number of nitrogens with two attached hydrogens (primary N) is 1. The molecule has 0 saturated heterocycles. The topological polar surface area (TPSA) is 88.4 Å². The van der Waals surface area contributed by atoms with Crippen LogP contribution < -0.4 is 10.6 Å². The van der Waals surface area contributed by atoms with Gasteiger partial charge in [-0.25, -0.2) is 0 Å². The summed E-state index contributed by atoms with van der Waals surface area (Å²) >= 11 is 0. The first-order valence-electron chi connectivity index (χ1n) is 3.54. The zero-order valence-electron chi connectivity index (χ0n) is 7.06. The second-order valence-corrected chi connectivity index (χ2v) is 2.58. The highest BCUT2D eigenvalue weighted by atomic mass is 16.5. The van der Waals surface area contributed by atoms with Gasteiger partial charge in [0.15, 0.2) is 0 Å². The number of aliphatic hydroxyl groups excluding tert-OH is 1. The van der Waals surface area contributed by atoms with E-state index in [9.17, 15) is 5.11 Å². The smallest absolute Gasteiger partial charge is 0.265 e. The molecule has 0 aliphatic carbocycles. The average molecular weight is 172 g/mol. The zero-order chi connectivity index (χ0) is 9.14. The fourth-order valence-corrected chi connectivity index (χ4v) is 0.645. The molecular weight excluding hydrogens is 160 g/mol. The number of anilines is 1. The number of aliphatic hydroxyl groups is 1. The summed E-state index contributed by atoms with van der Waals surface area (Å²) in [6.45, 7) is 0.0784. The average Bonchev–Trinajstić information content (AvgIpc) is 2.51. The van der Waals surface area contributed by atoms with Crippen LogP contribution in [-0.2, 0) is 0 Å². The molecule has 0 aliphatic heterocycles. The molecule has 0 fully saturated rings. The second kappa shape index (κ2) is 3.51. The molecule has 0 aromatic carbocycles. The maximum atomic E-state index is 9.18. The van der Waals surface area contributed by atoms with E-state index in [2.05, 4.69) is 10.1 Å². The third-order valence-corrected chi connectivity index (χ3v) is 1.34. The van der Waals surface area contributed by atoms with Crippen molar-refractivity contribution in [1.82, 2.24) is 10.1 Å². The van der Waals surface area contributed by atoms with Gasteiger partial charge in [0.25, 0.3) is 11.8 Å². The summed E-state index contributed by atoms with van der Waals surface area (Å²) in [5, 5.41) is 12.8. The van der Waals surface area contributed by atoms with Crippen LogP contribution in [-0.4, -0.2) is 35.9 Å². The monoisotopic (exact) mass is 172 g/mol. The SMILES string of the molecule is CN(C)c1noc([C@@H](O)CN)n1. The van der Waals surface area contributed by atoms with E-state index in [-0.39, 0.29) is 12.4 Å². The van der Waals surface area contributed by atoms with Crippen molar-refractivity contribution in [3.8, 4) is 0 Å². The van der Waals surface area contributed by atoms with E-state index < -0.39 is 6.10 Å². The first-order chi connectivity index (χ1) is 5.65. The molecule has 6 heteroatoms. The molecule has 6 nitrogen and oxygen atoms in total.